The topological polar surface area (TPSA) is 64.7 Å². The lowest BCUT2D eigenvalue weighted by molar-refractivity contribution is 0.256. The van der Waals surface area contributed by atoms with Gasteiger partial charge >= 0.3 is 0 Å². The summed E-state index contributed by atoms with van der Waals surface area (Å²) in [7, 11) is 0. The van der Waals surface area contributed by atoms with Gasteiger partial charge < -0.3 is 20.3 Å². The molecule has 4 nitrogen and oxygen atoms in total. The number of rotatable bonds is 23. The second-order valence-electron chi connectivity index (χ2n) is 9.57. The summed E-state index contributed by atoms with van der Waals surface area (Å²) in [6.45, 7) is 5.97. The smallest absolute Gasteiger partial charge is 0.161 e. The van der Waals surface area contributed by atoms with E-state index in [0.717, 1.165) is 43.1 Å². The summed E-state index contributed by atoms with van der Waals surface area (Å²) in [4.78, 5) is 0. The molecule has 1 atom stereocenters. The fraction of sp³-hybridized carbons (Fsp3) is 0.793. The minimum atomic E-state index is -0.241. The Morgan fingerprint density at radius 3 is 1.61 bits per heavy atom. The zero-order valence-electron chi connectivity index (χ0n) is 21.8. The molecule has 0 spiro atoms. The van der Waals surface area contributed by atoms with Gasteiger partial charge in [-0.3, -0.25) is 0 Å². The van der Waals surface area contributed by atoms with Crippen LogP contribution < -0.4 is 15.2 Å². The summed E-state index contributed by atoms with van der Waals surface area (Å²) in [6, 6.07) is 5.85. The zero-order chi connectivity index (χ0) is 24.0. The maximum absolute atomic E-state index is 9.28. The third-order valence-electron chi connectivity index (χ3n) is 6.25. The van der Waals surface area contributed by atoms with E-state index in [9.17, 15) is 5.11 Å². The van der Waals surface area contributed by atoms with Crippen molar-refractivity contribution in [2.45, 2.75) is 129 Å². The summed E-state index contributed by atoms with van der Waals surface area (Å²) in [5.74, 6) is 1.65. The molecule has 1 aromatic carbocycles. The Hall–Kier alpha value is -1.26. The Kier molecular flexibility index (Phi) is 19.2. The average Bonchev–Trinajstić information content (AvgIpc) is 2.82. The van der Waals surface area contributed by atoms with Crippen molar-refractivity contribution >= 4 is 0 Å². The number of aliphatic hydroxyl groups is 1. The molecule has 1 unspecified atom stereocenters. The molecule has 0 bridgehead atoms. The molecule has 3 N–H and O–H groups in total. The van der Waals surface area contributed by atoms with Crippen LogP contribution >= 0.6 is 0 Å². The van der Waals surface area contributed by atoms with Crippen molar-refractivity contribution in [1.82, 2.24) is 0 Å². The molecule has 0 aliphatic heterocycles. The Balaban J connectivity index is 2.38. The average molecular weight is 464 g/mol. The molecule has 0 saturated heterocycles. The van der Waals surface area contributed by atoms with Gasteiger partial charge in [0.1, 0.15) is 0 Å². The van der Waals surface area contributed by atoms with E-state index in [4.69, 9.17) is 15.2 Å². The molecular weight excluding hydrogens is 410 g/mol. The molecule has 0 amide bonds. The van der Waals surface area contributed by atoms with Crippen LogP contribution in [0.15, 0.2) is 18.2 Å². The van der Waals surface area contributed by atoms with E-state index in [2.05, 4.69) is 13.8 Å². The van der Waals surface area contributed by atoms with Gasteiger partial charge in [-0.05, 0) is 37.0 Å². The van der Waals surface area contributed by atoms with Crippen LogP contribution in [0.5, 0.6) is 11.5 Å². The van der Waals surface area contributed by atoms with Gasteiger partial charge in [0.05, 0.1) is 19.8 Å². The molecule has 1 aromatic rings. The molecule has 0 aliphatic rings. The van der Waals surface area contributed by atoms with Crippen molar-refractivity contribution in [3.05, 3.63) is 23.8 Å². The van der Waals surface area contributed by atoms with Crippen LogP contribution in [0.1, 0.15) is 122 Å². The molecule has 192 valence electrons. The highest BCUT2D eigenvalue weighted by molar-refractivity contribution is 5.43. The lowest BCUT2D eigenvalue weighted by Gasteiger charge is -2.15. The summed E-state index contributed by atoms with van der Waals surface area (Å²) < 4.78 is 12.2. The van der Waals surface area contributed by atoms with Gasteiger partial charge in [-0.25, -0.2) is 0 Å². The van der Waals surface area contributed by atoms with Gasteiger partial charge in [-0.15, -0.1) is 0 Å². The first-order valence-electron chi connectivity index (χ1n) is 14.0. The number of hydrogen-bond donors (Lipinski definition) is 2. The fourth-order valence-corrected chi connectivity index (χ4v) is 4.11. The van der Waals surface area contributed by atoms with Crippen molar-refractivity contribution in [2.24, 2.45) is 5.73 Å². The molecule has 0 heterocycles. The number of ether oxygens (including phenoxy) is 2. The molecule has 1 rings (SSSR count). The Bertz CT molecular complexity index is 564. The summed E-state index contributed by atoms with van der Waals surface area (Å²) in [5, 5.41) is 9.28. The third-order valence-corrected chi connectivity index (χ3v) is 6.25. The highest BCUT2D eigenvalue weighted by Gasteiger charge is 2.10. The van der Waals surface area contributed by atoms with Gasteiger partial charge in [0, 0.05) is 6.04 Å². The highest BCUT2D eigenvalue weighted by Crippen LogP contribution is 2.29. The van der Waals surface area contributed by atoms with E-state index >= 15 is 0 Å². The molecule has 0 aromatic heterocycles. The second kappa shape index (κ2) is 21.3. The summed E-state index contributed by atoms with van der Waals surface area (Å²) >= 11 is 0. The van der Waals surface area contributed by atoms with Crippen LogP contribution in [0.3, 0.4) is 0 Å². The number of benzene rings is 1. The Morgan fingerprint density at radius 1 is 0.667 bits per heavy atom. The lowest BCUT2D eigenvalue weighted by Crippen LogP contribution is -2.26. The summed E-state index contributed by atoms with van der Waals surface area (Å²) in [6.07, 6.45) is 21.3. The van der Waals surface area contributed by atoms with E-state index in [0.29, 0.717) is 6.42 Å². The van der Waals surface area contributed by atoms with Crippen LogP contribution in [0.25, 0.3) is 0 Å². The molecule has 0 saturated carbocycles. The Labute approximate surface area is 204 Å². The predicted molar refractivity (Wildman–Crippen MR) is 141 cm³/mol. The summed E-state index contributed by atoms with van der Waals surface area (Å²) in [5.41, 5.74) is 7.02. The van der Waals surface area contributed by atoms with Crippen molar-refractivity contribution in [3.8, 4) is 11.5 Å². The number of hydrogen-bond acceptors (Lipinski definition) is 4. The first kappa shape index (κ1) is 29.8. The second-order valence-corrected chi connectivity index (χ2v) is 9.57. The normalized spacial score (nSPS) is 12.1. The quantitative estimate of drug-likeness (QED) is 0.164. The monoisotopic (exact) mass is 463 g/mol. The highest BCUT2D eigenvalue weighted by atomic mass is 16.5. The maximum Gasteiger partial charge on any atom is 0.161 e. The standard InChI is InChI=1S/C29H53NO3/c1-3-5-7-9-11-13-15-17-21-32-28-20-19-26(23-27(30)25-31)24-29(28)33-22-18-16-14-12-10-8-6-4-2/h19-20,24,27,31H,3-18,21-23,25,30H2,1-2H3. The Morgan fingerprint density at radius 2 is 1.12 bits per heavy atom. The molecule has 33 heavy (non-hydrogen) atoms. The van der Waals surface area contributed by atoms with Crippen molar-refractivity contribution in [3.63, 3.8) is 0 Å². The van der Waals surface area contributed by atoms with E-state index < -0.39 is 0 Å². The SMILES string of the molecule is CCCCCCCCCCOc1ccc(CC(N)CO)cc1OCCCCCCCCCC. The van der Waals surface area contributed by atoms with Crippen molar-refractivity contribution in [2.75, 3.05) is 19.8 Å². The van der Waals surface area contributed by atoms with Gasteiger partial charge in [-0.2, -0.15) is 0 Å². The number of unbranched alkanes of at least 4 members (excludes halogenated alkanes) is 14. The molecule has 0 radical (unpaired) electrons. The minimum Gasteiger partial charge on any atom is -0.490 e. The predicted octanol–water partition coefficient (Wildman–Crippen LogP) is 7.59. The van der Waals surface area contributed by atoms with Crippen LogP contribution in [0.4, 0.5) is 0 Å². The zero-order valence-corrected chi connectivity index (χ0v) is 21.8. The van der Waals surface area contributed by atoms with Gasteiger partial charge in [0.15, 0.2) is 11.5 Å². The first-order chi connectivity index (χ1) is 16.2. The number of nitrogens with two attached hydrogens (primary N) is 1. The van der Waals surface area contributed by atoms with Crippen molar-refractivity contribution < 1.29 is 14.6 Å². The van der Waals surface area contributed by atoms with Crippen LogP contribution in [0, 0.1) is 0 Å². The van der Waals surface area contributed by atoms with E-state index in [1.807, 2.05) is 18.2 Å². The van der Waals surface area contributed by atoms with Gasteiger partial charge in [-0.1, -0.05) is 110 Å². The first-order valence-corrected chi connectivity index (χ1v) is 14.0. The van der Waals surface area contributed by atoms with E-state index in [1.54, 1.807) is 0 Å². The van der Waals surface area contributed by atoms with Gasteiger partial charge in [0.25, 0.3) is 0 Å². The molecule has 0 fully saturated rings. The van der Waals surface area contributed by atoms with Crippen LogP contribution in [0.2, 0.25) is 0 Å². The minimum absolute atomic E-state index is 0.00879. The van der Waals surface area contributed by atoms with E-state index in [1.165, 1.54) is 89.9 Å². The molecule has 4 heteroatoms. The third kappa shape index (κ3) is 16.1. The van der Waals surface area contributed by atoms with Crippen LogP contribution in [-0.2, 0) is 6.42 Å². The molecular formula is C29H53NO3. The van der Waals surface area contributed by atoms with Crippen LogP contribution in [-0.4, -0.2) is 31.0 Å². The fourth-order valence-electron chi connectivity index (χ4n) is 4.11. The van der Waals surface area contributed by atoms with Gasteiger partial charge in [0.2, 0.25) is 0 Å². The van der Waals surface area contributed by atoms with Crippen molar-refractivity contribution in [1.29, 1.82) is 0 Å². The van der Waals surface area contributed by atoms with E-state index in [-0.39, 0.29) is 12.6 Å². The largest absolute Gasteiger partial charge is 0.490 e. The number of aliphatic hydroxyl groups excluding tert-OH is 1. The lowest BCUT2D eigenvalue weighted by atomic mass is 10.1. The molecule has 0 aliphatic carbocycles. The maximum atomic E-state index is 9.28.